The predicted octanol–water partition coefficient (Wildman–Crippen LogP) is 1.60. The summed E-state index contributed by atoms with van der Waals surface area (Å²) >= 11 is 5.77. The largest absolute Gasteiger partial charge is 0.484 e. The number of amides is 2. The lowest BCUT2D eigenvalue weighted by Gasteiger charge is -2.35. The summed E-state index contributed by atoms with van der Waals surface area (Å²) in [4.78, 5) is 25.8. The fourth-order valence-electron chi connectivity index (χ4n) is 2.78. The standard InChI is InChI=1S/C17H23ClN2O4/c18-13-4-6-15(7-5-13)24-12-16(22)19-11-17(23)20-9-2-1-3-14(20)8-10-21/h4-7,14,21H,1-3,8-12H2,(H,19,22). The zero-order valence-electron chi connectivity index (χ0n) is 13.5. The molecule has 1 aromatic carbocycles. The van der Waals surface area contributed by atoms with Gasteiger partial charge in [-0.05, 0) is 49.9 Å². The van der Waals surface area contributed by atoms with Crippen LogP contribution in [0.5, 0.6) is 5.75 Å². The molecule has 6 nitrogen and oxygen atoms in total. The molecule has 0 aromatic heterocycles. The van der Waals surface area contributed by atoms with Gasteiger partial charge in [0.25, 0.3) is 5.91 Å². The summed E-state index contributed by atoms with van der Waals surface area (Å²) in [5.74, 6) is 0.0712. The summed E-state index contributed by atoms with van der Waals surface area (Å²) in [6.07, 6.45) is 3.51. The topological polar surface area (TPSA) is 78.9 Å². The summed E-state index contributed by atoms with van der Waals surface area (Å²) in [5.41, 5.74) is 0. The first-order valence-corrected chi connectivity index (χ1v) is 8.53. The molecule has 2 rings (SSSR count). The Morgan fingerprint density at radius 3 is 2.75 bits per heavy atom. The summed E-state index contributed by atoms with van der Waals surface area (Å²) in [5, 5.41) is 12.3. The lowest BCUT2D eigenvalue weighted by molar-refractivity contribution is -0.136. The fourth-order valence-corrected chi connectivity index (χ4v) is 2.91. The van der Waals surface area contributed by atoms with Crippen LogP contribution in [0.3, 0.4) is 0 Å². The molecule has 2 N–H and O–H groups in total. The molecule has 1 unspecified atom stereocenters. The predicted molar refractivity (Wildman–Crippen MR) is 91.0 cm³/mol. The number of benzene rings is 1. The van der Waals surface area contributed by atoms with E-state index < -0.39 is 0 Å². The van der Waals surface area contributed by atoms with E-state index in [2.05, 4.69) is 5.32 Å². The number of piperidine rings is 1. The highest BCUT2D eigenvalue weighted by molar-refractivity contribution is 6.30. The van der Waals surface area contributed by atoms with E-state index in [1.165, 1.54) is 0 Å². The third kappa shape index (κ3) is 5.69. The van der Waals surface area contributed by atoms with E-state index in [1.807, 2.05) is 0 Å². The van der Waals surface area contributed by atoms with Gasteiger partial charge in [-0.3, -0.25) is 9.59 Å². The summed E-state index contributed by atoms with van der Waals surface area (Å²) in [6, 6.07) is 6.77. The zero-order chi connectivity index (χ0) is 17.4. The number of nitrogens with zero attached hydrogens (tertiary/aromatic N) is 1. The highest BCUT2D eigenvalue weighted by atomic mass is 35.5. The molecular formula is C17H23ClN2O4. The van der Waals surface area contributed by atoms with E-state index in [1.54, 1.807) is 29.2 Å². The normalized spacial score (nSPS) is 17.4. The number of carbonyl (C=O) groups excluding carboxylic acids is 2. The molecule has 132 valence electrons. The first-order chi connectivity index (χ1) is 11.6. The van der Waals surface area contributed by atoms with Crippen LogP contribution in [0.25, 0.3) is 0 Å². The van der Waals surface area contributed by atoms with Gasteiger partial charge in [-0.15, -0.1) is 0 Å². The highest BCUT2D eigenvalue weighted by Crippen LogP contribution is 2.19. The maximum absolute atomic E-state index is 12.3. The Kier molecular flexibility index (Phi) is 7.34. The lowest BCUT2D eigenvalue weighted by atomic mass is 9.99. The van der Waals surface area contributed by atoms with Gasteiger partial charge in [0.1, 0.15) is 5.75 Å². The zero-order valence-corrected chi connectivity index (χ0v) is 14.3. The van der Waals surface area contributed by atoms with Gasteiger partial charge in [0.15, 0.2) is 6.61 Å². The highest BCUT2D eigenvalue weighted by Gasteiger charge is 2.26. The minimum absolute atomic E-state index is 0.0509. The van der Waals surface area contributed by atoms with Crippen LogP contribution in [0.15, 0.2) is 24.3 Å². The Morgan fingerprint density at radius 1 is 1.29 bits per heavy atom. The second kappa shape index (κ2) is 9.49. The number of hydrogen-bond acceptors (Lipinski definition) is 4. The van der Waals surface area contributed by atoms with Gasteiger partial charge in [0.2, 0.25) is 5.91 Å². The first-order valence-electron chi connectivity index (χ1n) is 8.15. The van der Waals surface area contributed by atoms with Crippen molar-refractivity contribution < 1.29 is 19.4 Å². The molecule has 0 radical (unpaired) electrons. The van der Waals surface area contributed by atoms with Crippen molar-refractivity contribution >= 4 is 23.4 Å². The van der Waals surface area contributed by atoms with E-state index >= 15 is 0 Å². The molecule has 1 fully saturated rings. The Labute approximate surface area is 146 Å². The van der Waals surface area contributed by atoms with E-state index in [9.17, 15) is 9.59 Å². The minimum Gasteiger partial charge on any atom is -0.484 e. The smallest absolute Gasteiger partial charge is 0.258 e. The van der Waals surface area contributed by atoms with Crippen molar-refractivity contribution in [1.82, 2.24) is 10.2 Å². The molecule has 1 heterocycles. The van der Waals surface area contributed by atoms with Crippen LogP contribution in [-0.4, -0.2) is 54.2 Å². The minimum atomic E-state index is -0.353. The van der Waals surface area contributed by atoms with Crippen LogP contribution >= 0.6 is 11.6 Å². The van der Waals surface area contributed by atoms with Crippen molar-refractivity contribution in [3.63, 3.8) is 0 Å². The third-order valence-electron chi connectivity index (χ3n) is 4.03. The van der Waals surface area contributed by atoms with Gasteiger partial charge in [-0.1, -0.05) is 11.6 Å². The number of hydrogen-bond donors (Lipinski definition) is 2. The van der Waals surface area contributed by atoms with Gasteiger partial charge in [-0.25, -0.2) is 0 Å². The Balaban J connectivity index is 1.73. The molecule has 7 heteroatoms. The average molecular weight is 355 g/mol. The van der Waals surface area contributed by atoms with Crippen molar-refractivity contribution in [2.24, 2.45) is 0 Å². The summed E-state index contributed by atoms with van der Waals surface area (Å²) in [6.45, 7) is 0.538. The lowest BCUT2D eigenvalue weighted by Crippen LogP contribution is -2.48. The van der Waals surface area contributed by atoms with Crippen molar-refractivity contribution in [3.8, 4) is 5.75 Å². The van der Waals surface area contributed by atoms with E-state index in [0.29, 0.717) is 23.7 Å². The summed E-state index contributed by atoms with van der Waals surface area (Å²) < 4.78 is 5.33. The van der Waals surface area contributed by atoms with Crippen molar-refractivity contribution in [2.75, 3.05) is 26.3 Å². The number of halogens is 1. The monoisotopic (exact) mass is 354 g/mol. The second-order valence-corrected chi connectivity index (χ2v) is 6.20. The maximum atomic E-state index is 12.3. The SMILES string of the molecule is O=C(COc1ccc(Cl)cc1)NCC(=O)N1CCCCC1CCO. The molecule has 0 spiro atoms. The molecule has 24 heavy (non-hydrogen) atoms. The van der Waals surface area contributed by atoms with Gasteiger partial charge < -0.3 is 20.1 Å². The Hall–Kier alpha value is -1.79. The Morgan fingerprint density at radius 2 is 2.04 bits per heavy atom. The third-order valence-corrected chi connectivity index (χ3v) is 4.28. The quantitative estimate of drug-likeness (QED) is 0.779. The van der Waals surface area contributed by atoms with Crippen molar-refractivity contribution in [3.05, 3.63) is 29.3 Å². The molecule has 1 aliphatic rings. The van der Waals surface area contributed by atoms with Gasteiger partial charge in [0, 0.05) is 24.2 Å². The molecular weight excluding hydrogens is 332 g/mol. The molecule has 0 bridgehead atoms. The van der Waals surface area contributed by atoms with Gasteiger partial charge >= 0.3 is 0 Å². The van der Waals surface area contributed by atoms with Crippen molar-refractivity contribution in [1.29, 1.82) is 0 Å². The van der Waals surface area contributed by atoms with E-state index in [-0.39, 0.29) is 37.6 Å². The number of carbonyl (C=O) groups is 2. The Bertz CT molecular complexity index is 548. The molecule has 2 amide bonds. The molecule has 0 saturated carbocycles. The van der Waals surface area contributed by atoms with Crippen molar-refractivity contribution in [2.45, 2.75) is 31.7 Å². The van der Waals surface area contributed by atoms with E-state index in [4.69, 9.17) is 21.4 Å². The maximum Gasteiger partial charge on any atom is 0.258 e. The second-order valence-electron chi connectivity index (χ2n) is 5.77. The number of likely N-dealkylation sites (tertiary alicyclic amines) is 1. The number of nitrogens with one attached hydrogen (secondary N) is 1. The number of aliphatic hydroxyl groups excluding tert-OH is 1. The molecule has 1 saturated heterocycles. The van der Waals surface area contributed by atoms with Gasteiger partial charge in [-0.2, -0.15) is 0 Å². The molecule has 1 aliphatic heterocycles. The number of rotatable bonds is 7. The van der Waals surface area contributed by atoms with Crippen LogP contribution < -0.4 is 10.1 Å². The molecule has 1 atom stereocenters. The first kappa shape index (κ1) is 18.5. The molecule has 0 aliphatic carbocycles. The van der Waals surface area contributed by atoms with E-state index in [0.717, 1.165) is 19.3 Å². The number of ether oxygens (including phenoxy) is 1. The summed E-state index contributed by atoms with van der Waals surface area (Å²) in [7, 11) is 0. The van der Waals surface area contributed by atoms with Crippen LogP contribution in [0.4, 0.5) is 0 Å². The van der Waals surface area contributed by atoms with Crippen LogP contribution in [0, 0.1) is 0 Å². The van der Waals surface area contributed by atoms with Crippen LogP contribution in [0.2, 0.25) is 5.02 Å². The number of aliphatic hydroxyl groups is 1. The van der Waals surface area contributed by atoms with Crippen LogP contribution in [-0.2, 0) is 9.59 Å². The van der Waals surface area contributed by atoms with Gasteiger partial charge in [0.05, 0.1) is 6.54 Å². The van der Waals surface area contributed by atoms with Crippen LogP contribution in [0.1, 0.15) is 25.7 Å². The average Bonchev–Trinajstić information content (AvgIpc) is 2.60. The molecule has 1 aromatic rings. The fraction of sp³-hybridized carbons (Fsp3) is 0.529.